The Morgan fingerprint density at radius 1 is 1.47 bits per heavy atom. The van der Waals surface area contributed by atoms with E-state index in [1.165, 1.54) is 18.3 Å². The monoisotopic (exact) mass is 248 g/mol. The Morgan fingerprint density at radius 3 is 2.76 bits per heavy atom. The molecule has 0 bridgehead atoms. The third kappa shape index (κ3) is 2.62. The first-order valence-electron chi connectivity index (χ1n) is 5.06. The summed E-state index contributed by atoms with van der Waals surface area (Å²) in [5, 5.41) is 2.44. The van der Waals surface area contributed by atoms with Crippen LogP contribution in [0.1, 0.15) is 12.5 Å². The van der Waals surface area contributed by atoms with Gasteiger partial charge >= 0.3 is 5.97 Å². The number of nitrogens with two attached hydrogens (primary N) is 1. The minimum atomic E-state index is -0.321. The van der Waals surface area contributed by atoms with Crippen molar-refractivity contribution in [3.63, 3.8) is 0 Å². The highest BCUT2D eigenvalue weighted by atomic mass is 32.1. The third-order valence-corrected chi connectivity index (χ3v) is 2.92. The maximum Gasteiger partial charge on any atom is 0.308 e. The summed E-state index contributed by atoms with van der Waals surface area (Å²) in [5.41, 5.74) is 8.28. The van der Waals surface area contributed by atoms with Gasteiger partial charge in [0.05, 0.1) is 5.69 Å². The van der Waals surface area contributed by atoms with Crippen molar-refractivity contribution in [1.82, 2.24) is 4.98 Å². The second-order valence-electron chi connectivity index (χ2n) is 3.64. The summed E-state index contributed by atoms with van der Waals surface area (Å²) < 4.78 is 5.06. The van der Waals surface area contributed by atoms with E-state index in [0.29, 0.717) is 10.9 Å². The molecular formula is C12H12N2O2S. The number of esters is 1. The minimum Gasteiger partial charge on any atom is -0.426 e. The topological polar surface area (TPSA) is 65.2 Å². The van der Waals surface area contributed by atoms with Crippen LogP contribution in [-0.2, 0) is 4.79 Å². The van der Waals surface area contributed by atoms with Gasteiger partial charge < -0.3 is 10.5 Å². The number of ether oxygens (including phenoxy) is 1. The van der Waals surface area contributed by atoms with Crippen LogP contribution >= 0.6 is 11.3 Å². The van der Waals surface area contributed by atoms with Crippen molar-refractivity contribution in [2.75, 3.05) is 5.73 Å². The van der Waals surface area contributed by atoms with Crippen LogP contribution in [0.3, 0.4) is 0 Å². The van der Waals surface area contributed by atoms with Crippen LogP contribution in [-0.4, -0.2) is 11.0 Å². The molecule has 4 nitrogen and oxygen atoms in total. The van der Waals surface area contributed by atoms with Crippen LogP contribution < -0.4 is 10.5 Å². The Morgan fingerprint density at radius 2 is 2.24 bits per heavy atom. The average molecular weight is 248 g/mol. The molecule has 17 heavy (non-hydrogen) atoms. The Kier molecular flexibility index (Phi) is 3.10. The van der Waals surface area contributed by atoms with Gasteiger partial charge in [-0.15, -0.1) is 11.3 Å². The van der Waals surface area contributed by atoms with Crippen LogP contribution in [0.2, 0.25) is 0 Å². The van der Waals surface area contributed by atoms with Crippen molar-refractivity contribution in [3.05, 3.63) is 29.1 Å². The van der Waals surface area contributed by atoms with Gasteiger partial charge in [-0.25, -0.2) is 4.98 Å². The number of anilines is 1. The predicted molar refractivity (Wildman–Crippen MR) is 68.0 cm³/mol. The third-order valence-electron chi connectivity index (χ3n) is 2.25. The lowest BCUT2D eigenvalue weighted by Gasteiger charge is -2.06. The first-order chi connectivity index (χ1) is 8.06. The van der Waals surface area contributed by atoms with Gasteiger partial charge in [-0.3, -0.25) is 4.79 Å². The fourth-order valence-corrected chi connectivity index (χ4v) is 2.07. The van der Waals surface area contributed by atoms with Crippen molar-refractivity contribution in [3.8, 4) is 17.0 Å². The highest BCUT2D eigenvalue weighted by Gasteiger charge is 2.07. The Balaban J connectivity index is 2.33. The number of carbonyl (C=O) groups is 1. The first kappa shape index (κ1) is 11.6. The normalized spacial score (nSPS) is 10.2. The van der Waals surface area contributed by atoms with Gasteiger partial charge in [0.15, 0.2) is 5.13 Å². The van der Waals surface area contributed by atoms with Crippen LogP contribution in [0.25, 0.3) is 11.3 Å². The molecule has 1 aromatic carbocycles. The summed E-state index contributed by atoms with van der Waals surface area (Å²) in [6.45, 7) is 3.27. The van der Waals surface area contributed by atoms with Crippen molar-refractivity contribution in [1.29, 1.82) is 0 Å². The molecule has 0 aliphatic rings. The minimum absolute atomic E-state index is 0.321. The second-order valence-corrected chi connectivity index (χ2v) is 4.53. The second kappa shape index (κ2) is 4.55. The molecule has 0 atom stereocenters. The molecular weight excluding hydrogens is 236 g/mol. The molecule has 1 aromatic heterocycles. The van der Waals surface area contributed by atoms with Gasteiger partial charge in [0, 0.05) is 17.9 Å². The Bertz CT molecular complexity index is 563. The molecule has 0 radical (unpaired) electrons. The van der Waals surface area contributed by atoms with Gasteiger partial charge in [-0.2, -0.15) is 0 Å². The Hall–Kier alpha value is -1.88. The lowest BCUT2D eigenvalue weighted by molar-refractivity contribution is -0.131. The number of hydrogen-bond acceptors (Lipinski definition) is 5. The summed E-state index contributed by atoms with van der Waals surface area (Å²) in [5.74, 6) is 0.253. The smallest absolute Gasteiger partial charge is 0.308 e. The molecule has 2 N–H and O–H groups in total. The molecule has 1 heterocycles. The van der Waals surface area contributed by atoms with E-state index in [1.54, 1.807) is 6.07 Å². The van der Waals surface area contributed by atoms with Crippen molar-refractivity contribution < 1.29 is 9.53 Å². The average Bonchev–Trinajstić information content (AvgIpc) is 2.67. The fraction of sp³-hybridized carbons (Fsp3) is 0.167. The molecule has 0 saturated heterocycles. The van der Waals surface area contributed by atoms with E-state index in [4.69, 9.17) is 10.5 Å². The van der Waals surface area contributed by atoms with Crippen molar-refractivity contribution >= 4 is 22.4 Å². The standard InChI is InChI=1S/C12H12N2O2S/c1-7-5-9(10-6-17-12(13)14-10)3-4-11(7)16-8(2)15/h3-6H,1-2H3,(H2,13,14). The molecule has 5 heteroatoms. The zero-order chi connectivity index (χ0) is 12.4. The van der Waals surface area contributed by atoms with Gasteiger partial charge in [0.1, 0.15) is 5.75 Å². The lowest BCUT2D eigenvalue weighted by Crippen LogP contribution is -2.02. The van der Waals surface area contributed by atoms with Crippen LogP contribution in [0.15, 0.2) is 23.6 Å². The molecule has 0 saturated carbocycles. The van der Waals surface area contributed by atoms with Crippen LogP contribution in [0.4, 0.5) is 5.13 Å². The lowest BCUT2D eigenvalue weighted by atomic mass is 10.1. The number of hydrogen-bond donors (Lipinski definition) is 1. The SMILES string of the molecule is CC(=O)Oc1ccc(-c2csc(N)n2)cc1C. The van der Waals surface area contributed by atoms with Gasteiger partial charge in [0.2, 0.25) is 0 Å². The molecule has 0 unspecified atom stereocenters. The number of nitrogens with zero attached hydrogens (tertiary/aromatic N) is 1. The molecule has 0 aliphatic heterocycles. The number of aromatic nitrogens is 1. The van der Waals surface area contributed by atoms with E-state index in [2.05, 4.69) is 4.98 Å². The summed E-state index contributed by atoms with van der Waals surface area (Å²) >= 11 is 1.40. The van der Waals surface area contributed by atoms with Gasteiger partial charge in [-0.05, 0) is 30.7 Å². The maximum atomic E-state index is 10.9. The summed E-state index contributed by atoms with van der Waals surface area (Å²) in [6, 6.07) is 5.55. The van der Waals surface area contributed by atoms with Crippen molar-refractivity contribution in [2.24, 2.45) is 0 Å². The Labute approximate surface area is 103 Å². The quantitative estimate of drug-likeness (QED) is 0.655. The zero-order valence-electron chi connectivity index (χ0n) is 9.56. The summed E-state index contributed by atoms with van der Waals surface area (Å²) in [7, 11) is 0. The van der Waals surface area contributed by atoms with Crippen molar-refractivity contribution in [2.45, 2.75) is 13.8 Å². The molecule has 2 rings (SSSR count). The summed E-state index contributed by atoms with van der Waals surface area (Å²) in [6.07, 6.45) is 0. The molecule has 2 aromatic rings. The largest absolute Gasteiger partial charge is 0.426 e. The maximum absolute atomic E-state index is 10.9. The number of rotatable bonds is 2. The molecule has 88 valence electrons. The molecule has 0 spiro atoms. The van der Waals surface area contributed by atoms with Crippen LogP contribution in [0, 0.1) is 6.92 Å². The first-order valence-corrected chi connectivity index (χ1v) is 5.94. The van der Waals surface area contributed by atoms with E-state index in [0.717, 1.165) is 16.8 Å². The van der Waals surface area contributed by atoms with Gasteiger partial charge in [-0.1, -0.05) is 0 Å². The summed E-state index contributed by atoms with van der Waals surface area (Å²) in [4.78, 5) is 15.1. The number of aryl methyl sites for hydroxylation is 1. The fourth-order valence-electron chi connectivity index (χ4n) is 1.50. The molecule has 0 fully saturated rings. The number of thiazole rings is 1. The number of benzene rings is 1. The highest BCUT2D eigenvalue weighted by Crippen LogP contribution is 2.27. The van der Waals surface area contributed by atoms with E-state index < -0.39 is 0 Å². The van der Waals surface area contributed by atoms with E-state index in [9.17, 15) is 4.79 Å². The van der Waals surface area contributed by atoms with E-state index >= 15 is 0 Å². The van der Waals surface area contributed by atoms with E-state index in [-0.39, 0.29) is 5.97 Å². The number of carbonyl (C=O) groups excluding carboxylic acids is 1. The van der Waals surface area contributed by atoms with Gasteiger partial charge in [0.25, 0.3) is 0 Å². The highest BCUT2D eigenvalue weighted by molar-refractivity contribution is 7.13. The van der Waals surface area contributed by atoms with E-state index in [1.807, 2.05) is 24.4 Å². The molecule has 0 amide bonds. The number of nitrogen functional groups attached to an aromatic ring is 1. The van der Waals surface area contributed by atoms with Crippen LogP contribution in [0.5, 0.6) is 5.75 Å². The zero-order valence-corrected chi connectivity index (χ0v) is 10.4. The predicted octanol–water partition coefficient (Wildman–Crippen LogP) is 2.63. The molecule has 0 aliphatic carbocycles.